The zero-order valence-electron chi connectivity index (χ0n) is 17.9. The van der Waals surface area contributed by atoms with Crippen LogP contribution in [0.3, 0.4) is 0 Å². The minimum Gasteiger partial charge on any atom is -0.469 e. The summed E-state index contributed by atoms with van der Waals surface area (Å²) < 4.78 is 51.6. The smallest absolute Gasteiger partial charge is 0.422 e. The number of carbonyl (C=O) groups is 3. The van der Waals surface area contributed by atoms with Crippen molar-refractivity contribution in [3.63, 3.8) is 0 Å². The molecular weight excluding hydrogens is 431 g/mol. The maximum absolute atomic E-state index is 13.5. The molecule has 1 aromatic heterocycles. The molecule has 0 saturated carbocycles. The van der Waals surface area contributed by atoms with E-state index in [4.69, 9.17) is 4.74 Å². The molecule has 0 radical (unpaired) electrons. The van der Waals surface area contributed by atoms with Crippen molar-refractivity contribution in [1.29, 1.82) is 0 Å². The Kier molecular flexibility index (Phi) is 7.84. The second kappa shape index (κ2) is 9.99. The predicted molar refractivity (Wildman–Crippen MR) is 107 cm³/mol. The van der Waals surface area contributed by atoms with E-state index in [0.717, 1.165) is 12.1 Å². The van der Waals surface area contributed by atoms with Crippen LogP contribution < -0.4 is 0 Å². The minimum atomic E-state index is -5.14. The third-order valence-electron chi connectivity index (χ3n) is 5.13. The van der Waals surface area contributed by atoms with Crippen molar-refractivity contribution < 1.29 is 42.1 Å². The summed E-state index contributed by atoms with van der Waals surface area (Å²) in [5.41, 5.74) is -2.54. The van der Waals surface area contributed by atoms with Crippen LogP contribution in [0.2, 0.25) is 0 Å². The SMILES string of the molecule is COC(=O)CCn1c(C)cc(C(=O)COC(=O)C[C@](O)(c2ccccc2)C(F)(F)F)c1C. The lowest BCUT2D eigenvalue weighted by Crippen LogP contribution is -2.44. The third kappa shape index (κ3) is 5.56. The van der Waals surface area contributed by atoms with Gasteiger partial charge in [-0.25, -0.2) is 0 Å². The first-order chi connectivity index (χ1) is 14.9. The van der Waals surface area contributed by atoms with Gasteiger partial charge in [-0.1, -0.05) is 30.3 Å². The summed E-state index contributed by atoms with van der Waals surface area (Å²) in [7, 11) is 1.26. The topological polar surface area (TPSA) is 94.8 Å². The molecule has 2 rings (SSSR count). The van der Waals surface area contributed by atoms with Crippen molar-refractivity contribution >= 4 is 17.7 Å². The van der Waals surface area contributed by atoms with Gasteiger partial charge in [-0.2, -0.15) is 13.2 Å². The molecule has 174 valence electrons. The van der Waals surface area contributed by atoms with Crippen molar-refractivity contribution in [2.75, 3.05) is 13.7 Å². The van der Waals surface area contributed by atoms with Crippen LogP contribution in [-0.2, 0) is 31.2 Å². The van der Waals surface area contributed by atoms with E-state index in [2.05, 4.69) is 4.74 Å². The van der Waals surface area contributed by atoms with Gasteiger partial charge in [-0.05, 0) is 25.5 Å². The molecular formula is C22H24F3NO6. The minimum absolute atomic E-state index is 0.0883. The zero-order valence-corrected chi connectivity index (χ0v) is 17.9. The molecule has 0 saturated heterocycles. The number of esters is 2. The number of ether oxygens (including phenoxy) is 2. The molecule has 0 bridgehead atoms. The molecule has 0 aliphatic heterocycles. The summed E-state index contributed by atoms with van der Waals surface area (Å²) in [4.78, 5) is 35.9. The number of hydrogen-bond acceptors (Lipinski definition) is 6. The number of rotatable bonds is 9. The van der Waals surface area contributed by atoms with E-state index < -0.39 is 48.1 Å². The molecule has 7 nitrogen and oxygen atoms in total. The fourth-order valence-corrected chi connectivity index (χ4v) is 3.30. The second-order valence-electron chi connectivity index (χ2n) is 7.25. The van der Waals surface area contributed by atoms with Crippen LogP contribution in [0, 0.1) is 13.8 Å². The number of aliphatic hydroxyl groups is 1. The fourth-order valence-electron chi connectivity index (χ4n) is 3.30. The molecule has 0 aliphatic carbocycles. The lowest BCUT2D eigenvalue weighted by atomic mass is 9.90. The number of methoxy groups -OCH3 is 1. The van der Waals surface area contributed by atoms with Crippen LogP contribution in [0.5, 0.6) is 0 Å². The van der Waals surface area contributed by atoms with Gasteiger partial charge in [0.15, 0.2) is 12.2 Å². The molecule has 2 aromatic rings. The van der Waals surface area contributed by atoms with Gasteiger partial charge < -0.3 is 19.1 Å². The highest BCUT2D eigenvalue weighted by atomic mass is 19.4. The number of aromatic nitrogens is 1. The first-order valence-electron chi connectivity index (χ1n) is 9.67. The Balaban J connectivity index is 2.08. The second-order valence-corrected chi connectivity index (χ2v) is 7.25. The first kappa shape index (κ1) is 25.1. The molecule has 1 N–H and O–H groups in total. The number of carbonyl (C=O) groups excluding carboxylic acids is 3. The molecule has 0 fully saturated rings. The van der Waals surface area contributed by atoms with Gasteiger partial charge in [0.2, 0.25) is 5.78 Å². The fraction of sp³-hybridized carbons (Fsp3) is 0.409. The van der Waals surface area contributed by atoms with Gasteiger partial charge in [0.25, 0.3) is 0 Å². The number of halogens is 3. The maximum Gasteiger partial charge on any atom is 0.422 e. The molecule has 1 heterocycles. The van der Waals surface area contributed by atoms with Gasteiger partial charge in [-0.15, -0.1) is 0 Å². The molecule has 0 aliphatic rings. The Morgan fingerprint density at radius 3 is 2.25 bits per heavy atom. The van der Waals surface area contributed by atoms with Crippen molar-refractivity contribution in [1.82, 2.24) is 4.57 Å². The molecule has 1 atom stereocenters. The molecule has 1 aromatic carbocycles. The average molecular weight is 455 g/mol. The highest BCUT2D eigenvalue weighted by Crippen LogP contribution is 2.41. The standard InChI is InChI=1S/C22H24F3NO6/c1-14-11-17(15(2)26(14)10-9-19(28)31-3)18(27)13-32-20(29)12-21(30,22(23,24)25)16-7-5-4-6-8-16/h4-8,11,30H,9-10,12-13H2,1-3H3/t21-/m0/s1. The van der Waals surface area contributed by atoms with Crippen molar-refractivity contribution in [3.05, 3.63) is 58.9 Å². The molecule has 0 amide bonds. The Morgan fingerprint density at radius 1 is 1.06 bits per heavy atom. The third-order valence-corrected chi connectivity index (χ3v) is 5.13. The monoisotopic (exact) mass is 455 g/mol. The van der Waals surface area contributed by atoms with Gasteiger partial charge in [0.1, 0.15) is 0 Å². The van der Waals surface area contributed by atoms with Gasteiger partial charge >= 0.3 is 18.1 Å². The van der Waals surface area contributed by atoms with Gasteiger partial charge in [0.05, 0.1) is 20.0 Å². The highest BCUT2D eigenvalue weighted by molar-refractivity contribution is 5.99. The largest absolute Gasteiger partial charge is 0.469 e. The summed E-state index contributed by atoms with van der Waals surface area (Å²) in [6.07, 6.45) is -6.45. The van der Waals surface area contributed by atoms with Crippen LogP contribution in [-0.4, -0.2) is 47.3 Å². The number of nitrogens with zero attached hydrogens (tertiary/aromatic N) is 1. The summed E-state index contributed by atoms with van der Waals surface area (Å²) in [5.74, 6) is -2.41. The van der Waals surface area contributed by atoms with Gasteiger partial charge in [-0.3, -0.25) is 14.4 Å². The van der Waals surface area contributed by atoms with E-state index in [0.29, 0.717) is 11.4 Å². The zero-order chi connectivity index (χ0) is 24.1. The number of hydrogen-bond donors (Lipinski definition) is 1. The van der Waals surface area contributed by atoms with Crippen LogP contribution in [0.25, 0.3) is 0 Å². The predicted octanol–water partition coefficient (Wildman–Crippen LogP) is 3.23. The van der Waals surface area contributed by atoms with Crippen LogP contribution in [0.4, 0.5) is 13.2 Å². The van der Waals surface area contributed by atoms with E-state index in [1.807, 2.05) is 0 Å². The molecule has 32 heavy (non-hydrogen) atoms. The van der Waals surface area contributed by atoms with Gasteiger partial charge in [0, 0.05) is 23.5 Å². The molecule has 0 spiro atoms. The summed E-state index contributed by atoms with van der Waals surface area (Å²) >= 11 is 0. The van der Waals surface area contributed by atoms with Crippen molar-refractivity contribution in [2.45, 2.75) is 45.0 Å². The van der Waals surface area contributed by atoms with E-state index in [9.17, 15) is 32.7 Å². The van der Waals surface area contributed by atoms with Crippen LogP contribution >= 0.6 is 0 Å². The van der Waals surface area contributed by atoms with E-state index in [-0.39, 0.29) is 18.5 Å². The van der Waals surface area contributed by atoms with E-state index in [1.165, 1.54) is 25.3 Å². The lowest BCUT2D eigenvalue weighted by Gasteiger charge is -2.30. The summed E-state index contributed by atoms with van der Waals surface area (Å²) in [6.45, 7) is 2.84. The number of benzene rings is 1. The molecule has 0 unspecified atom stereocenters. The Hall–Kier alpha value is -3.14. The van der Waals surface area contributed by atoms with E-state index in [1.54, 1.807) is 24.5 Å². The van der Waals surface area contributed by atoms with Crippen LogP contribution in [0.15, 0.2) is 36.4 Å². The number of alkyl halides is 3. The van der Waals surface area contributed by atoms with Crippen molar-refractivity contribution in [3.8, 4) is 0 Å². The number of Topliss-reactive ketones (excluding diaryl/α,β-unsaturated/α-hetero) is 1. The average Bonchev–Trinajstić information content (AvgIpc) is 3.03. The Morgan fingerprint density at radius 2 is 1.69 bits per heavy atom. The van der Waals surface area contributed by atoms with Crippen LogP contribution in [0.1, 0.15) is 40.2 Å². The Labute approximate surface area is 182 Å². The quantitative estimate of drug-likeness (QED) is 0.461. The maximum atomic E-state index is 13.5. The highest BCUT2D eigenvalue weighted by Gasteiger charge is 2.56. The Bertz CT molecular complexity index is 984. The number of ketones is 1. The lowest BCUT2D eigenvalue weighted by molar-refractivity contribution is -0.269. The first-order valence-corrected chi connectivity index (χ1v) is 9.67. The van der Waals surface area contributed by atoms with Crippen molar-refractivity contribution in [2.24, 2.45) is 0 Å². The molecule has 10 heteroatoms. The normalized spacial score (nSPS) is 13.3. The summed E-state index contributed by atoms with van der Waals surface area (Å²) in [5, 5.41) is 10.2. The number of aryl methyl sites for hydroxylation is 1. The summed E-state index contributed by atoms with van der Waals surface area (Å²) in [6, 6.07) is 7.72. The van der Waals surface area contributed by atoms with E-state index >= 15 is 0 Å².